The third kappa shape index (κ3) is 3.43. The second-order valence-electron chi connectivity index (χ2n) is 5.49. The van der Waals surface area contributed by atoms with Crippen LogP contribution in [0.25, 0.3) is 0 Å². The predicted octanol–water partition coefficient (Wildman–Crippen LogP) is 3.02. The van der Waals surface area contributed by atoms with Crippen LogP contribution in [0.4, 0.5) is 4.39 Å². The van der Waals surface area contributed by atoms with E-state index in [0.29, 0.717) is 12.8 Å². The molecular formula is C15H19FO4S. The predicted molar refractivity (Wildman–Crippen MR) is 76.2 cm³/mol. The summed E-state index contributed by atoms with van der Waals surface area (Å²) >= 11 is 0. The van der Waals surface area contributed by atoms with Gasteiger partial charge < -0.3 is 5.11 Å². The number of hydrogen-bond donors (Lipinski definition) is 1. The maximum Gasteiger partial charge on any atom is 0.322 e. The van der Waals surface area contributed by atoms with Crippen molar-refractivity contribution in [1.29, 1.82) is 0 Å². The fourth-order valence-electron chi connectivity index (χ4n) is 3.01. The van der Waals surface area contributed by atoms with Crippen molar-refractivity contribution in [2.24, 2.45) is 5.92 Å². The van der Waals surface area contributed by atoms with Gasteiger partial charge in [0.1, 0.15) is 10.7 Å². The standard InChI is InChI=1S/C15H19FO4S/c16-12-9-5-6-10-13(12)21(19,20)14(15(17)18)11-7-3-1-2-4-8-11/h5-6,9-11,14H,1-4,7-8H2,(H,17,18). The normalized spacial score (nSPS) is 18.9. The van der Waals surface area contributed by atoms with Crippen LogP contribution >= 0.6 is 0 Å². The van der Waals surface area contributed by atoms with Crippen molar-refractivity contribution < 1.29 is 22.7 Å². The summed E-state index contributed by atoms with van der Waals surface area (Å²) in [6.45, 7) is 0. The Balaban J connectivity index is 2.41. The molecule has 1 aromatic rings. The van der Waals surface area contributed by atoms with Crippen LogP contribution in [0.3, 0.4) is 0 Å². The summed E-state index contributed by atoms with van der Waals surface area (Å²) in [5, 5.41) is 7.84. The third-order valence-electron chi connectivity index (χ3n) is 4.05. The molecule has 6 heteroatoms. The van der Waals surface area contributed by atoms with Gasteiger partial charge in [-0.3, -0.25) is 4.79 Å². The van der Waals surface area contributed by atoms with Crippen molar-refractivity contribution in [2.45, 2.75) is 48.7 Å². The molecule has 0 bridgehead atoms. The molecule has 0 aliphatic heterocycles. The molecular weight excluding hydrogens is 295 g/mol. The van der Waals surface area contributed by atoms with E-state index in [1.54, 1.807) is 0 Å². The molecule has 0 radical (unpaired) electrons. The van der Waals surface area contributed by atoms with Gasteiger partial charge in [-0.05, 0) is 30.9 Å². The summed E-state index contributed by atoms with van der Waals surface area (Å²) in [7, 11) is -4.22. The number of hydrogen-bond acceptors (Lipinski definition) is 3. The quantitative estimate of drug-likeness (QED) is 0.867. The molecule has 116 valence electrons. The second kappa shape index (κ2) is 6.56. The highest BCUT2D eigenvalue weighted by Gasteiger charge is 2.41. The van der Waals surface area contributed by atoms with E-state index in [1.165, 1.54) is 12.1 Å². The molecule has 1 N–H and O–H groups in total. The van der Waals surface area contributed by atoms with Crippen LogP contribution in [0.15, 0.2) is 29.2 Å². The Bertz CT molecular complexity index is 604. The van der Waals surface area contributed by atoms with Gasteiger partial charge in [0.25, 0.3) is 0 Å². The summed E-state index contributed by atoms with van der Waals surface area (Å²) in [4.78, 5) is 11.0. The van der Waals surface area contributed by atoms with E-state index in [2.05, 4.69) is 0 Å². The Morgan fingerprint density at radius 1 is 1.14 bits per heavy atom. The maximum atomic E-state index is 13.8. The maximum absolute atomic E-state index is 13.8. The molecule has 1 unspecified atom stereocenters. The van der Waals surface area contributed by atoms with Crippen LogP contribution in [0.5, 0.6) is 0 Å². The topological polar surface area (TPSA) is 71.4 Å². The van der Waals surface area contributed by atoms with Crippen LogP contribution in [0.1, 0.15) is 38.5 Å². The molecule has 1 saturated carbocycles. The molecule has 0 amide bonds. The molecule has 21 heavy (non-hydrogen) atoms. The van der Waals surface area contributed by atoms with E-state index < -0.39 is 37.7 Å². The molecule has 4 nitrogen and oxygen atoms in total. The smallest absolute Gasteiger partial charge is 0.322 e. The van der Waals surface area contributed by atoms with E-state index in [1.807, 2.05) is 0 Å². The van der Waals surface area contributed by atoms with E-state index in [0.717, 1.165) is 37.8 Å². The number of sulfone groups is 1. The molecule has 1 aliphatic carbocycles. The number of halogens is 1. The zero-order valence-electron chi connectivity index (χ0n) is 11.7. The van der Waals surface area contributed by atoms with Crippen LogP contribution in [-0.2, 0) is 14.6 Å². The van der Waals surface area contributed by atoms with Crippen LogP contribution in [-0.4, -0.2) is 24.7 Å². The number of aliphatic carboxylic acids is 1. The lowest BCUT2D eigenvalue weighted by Gasteiger charge is -2.22. The zero-order chi connectivity index (χ0) is 15.5. The lowest BCUT2D eigenvalue weighted by Crippen LogP contribution is -2.37. The average Bonchev–Trinajstić information content (AvgIpc) is 2.67. The highest BCUT2D eigenvalue weighted by Crippen LogP contribution is 2.32. The molecule has 2 rings (SSSR count). The molecule has 0 heterocycles. The lowest BCUT2D eigenvalue weighted by molar-refractivity contribution is -0.137. The minimum Gasteiger partial charge on any atom is -0.480 e. The van der Waals surface area contributed by atoms with Gasteiger partial charge in [-0.15, -0.1) is 0 Å². The fourth-order valence-corrected chi connectivity index (χ4v) is 4.94. The van der Waals surface area contributed by atoms with Crippen LogP contribution < -0.4 is 0 Å². The summed E-state index contributed by atoms with van der Waals surface area (Å²) in [6, 6.07) is 4.97. The van der Waals surface area contributed by atoms with Crippen LogP contribution in [0.2, 0.25) is 0 Å². The minimum absolute atomic E-state index is 0.449. The van der Waals surface area contributed by atoms with Crippen molar-refractivity contribution in [2.75, 3.05) is 0 Å². The molecule has 1 aliphatic rings. The summed E-state index contributed by atoms with van der Waals surface area (Å²) in [5.41, 5.74) is 0. The Labute approximate surface area is 123 Å². The number of benzene rings is 1. The molecule has 0 aromatic heterocycles. The summed E-state index contributed by atoms with van der Waals surface area (Å²) in [5.74, 6) is -2.72. The lowest BCUT2D eigenvalue weighted by atomic mass is 9.96. The fraction of sp³-hybridized carbons (Fsp3) is 0.533. The summed E-state index contributed by atoms with van der Waals surface area (Å²) in [6.07, 6.45) is 4.74. The largest absolute Gasteiger partial charge is 0.480 e. The van der Waals surface area contributed by atoms with E-state index in [-0.39, 0.29) is 0 Å². The number of carbonyl (C=O) groups is 1. The van der Waals surface area contributed by atoms with Gasteiger partial charge >= 0.3 is 5.97 Å². The first-order valence-corrected chi connectivity index (χ1v) is 8.70. The zero-order valence-corrected chi connectivity index (χ0v) is 12.5. The van der Waals surface area contributed by atoms with Crippen LogP contribution in [0, 0.1) is 11.7 Å². The molecule has 1 fully saturated rings. The van der Waals surface area contributed by atoms with Gasteiger partial charge in [-0.25, -0.2) is 12.8 Å². The van der Waals surface area contributed by atoms with Gasteiger partial charge in [-0.2, -0.15) is 0 Å². The first kappa shape index (κ1) is 15.9. The monoisotopic (exact) mass is 314 g/mol. The van der Waals surface area contributed by atoms with Gasteiger partial charge in [-0.1, -0.05) is 37.8 Å². The third-order valence-corrected chi connectivity index (χ3v) is 6.25. The van der Waals surface area contributed by atoms with Crippen molar-refractivity contribution >= 4 is 15.8 Å². The number of rotatable bonds is 4. The first-order valence-electron chi connectivity index (χ1n) is 7.16. The highest BCUT2D eigenvalue weighted by molar-refractivity contribution is 7.92. The second-order valence-corrected chi connectivity index (χ2v) is 7.52. The Kier molecular flexibility index (Phi) is 4.98. The van der Waals surface area contributed by atoms with Crippen molar-refractivity contribution in [3.05, 3.63) is 30.1 Å². The number of carboxylic acids is 1. The number of carboxylic acid groups (broad SMARTS) is 1. The minimum atomic E-state index is -4.22. The Hall–Kier alpha value is -1.43. The van der Waals surface area contributed by atoms with Crippen molar-refractivity contribution in [3.63, 3.8) is 0 Å². The van der Waals surface area contributed by atoms with Gasteiger partial charge in [0.05, 0.1) is 0 Å². The SMILES string of the molecule is O=C(O)C(C1CCCCCC1)S(=O)(=O)c1ccccc1F. The van der Waals surface area contributed by atoms with Crippen molar-refractivity contribution in [3.8, 4) is 0 Å². The van der Waals surface area contributed by atoms with E-state index in [4.69, 9.17) is 0 Å². The molecule has 0 spiro atoms. The Morgan fingerprint density at radius 3 is 2.24 bits per heavy atom. The van der Waals surface area contributed by atoms with Gasteiger partial charge in [0.2, 0.25) is 0 Å². The highest BCUT2D eigenvalue weighted by atomic mass is 32.2. The molecule has 1 atom stereocenters. The van der Waals surface area contributed by atoms with Gasteiger partial charge in [0.15, 0.2) is 15.1 Å². The van der Waals surface area contributed by atoms with E-state index >= 15 is 0 Å². The molecule has 0 saturated heterocycles. The van der Waals surface area contributed by atoms with E-state index in [9.17, 15) is 22.7 Å². The average molecular weight is 314 g/mol. The molecule has 1 aromatic carbocycles. The first-order chi connectivity index (χ1) is 9.94. The van der Waals surface area contributed by atoms with Gasteiger partial charge in [0, 0.05) is 0 Å². The summed E-state index contributed by atoms with van der Waals surface area (Å²) < 4.78 is 39.0. The Morgan fingerprint density at radius 2 is 1.71 bits per heavy atom. The van der Waals surface area contributed by atoms with Crippen molar-refractivity contribution in [1.82, 2.24) is 0 Å².